The highest BCUT2D eigenvalue weighted by molar-refractivity contribution is 7.12. The van der Waals surface area contributed by atoms with Crippen molar-refractivity contribution >= 4 is 17.3 Å². The van der Waals surface area contributed by atoms with E-state index < -0.39 is 5.97 Å². The maximum absolute atomic E-state index is 11.1. The molecule has 2 rings (SSSR count). The molecule has 4 nitrogen and oxygen atoms in total. The lowest BCUT2D eigenvalue weighted by molar-refractivity contribution is 0.0697. The van der Waals surface area contributed by atoms with E-state index in [0.29, 0.717) is 12.5 Å². The number of aryl methyl sites for hydroxylation is 1. The fraction of sp³-hybridized carbons (Fsp3) is 0.333. The number of carboxylic acid groups (broad SMARTS) is 1. The number of aromatic nitrogens is 1. The minimum Gasteiger partial charge on any atom is -0.478 e. The van der Waals surface area contributed by atoms with Crippen LogP contribution in [0, 0.1) is 6.92 Å². The van der Waals surface area contributed by atoms with Crippen molar-refractivity contribution in [2.24, 2.45) is 5.73 Å². The van der Waals surface area contributed by atoms with Gasteiger partial charge in [-0.25, -0.2) is 9.78 Å². The van der Waals surface area contributed by atoms with Crippen LogP contribution in [0.5, 0.6) is 0 Å². The first kappa shape index (κ1) is 14.7. The number of benzene rings is 1. The zero-order chi connectivity index (χ0) is 14.7. The van der Waals surface area contributed by atoms with Gasteiger partial charge in [-0.15, -0.1) is 11.3 Å². The van der Waals surface area contributed by atoms with Gasteiger partial charge in [-0.05, 0) is 37.9 Å². The molecule has 0 radical (unpaired) electrons. The van der Waals surface area contributed by atoms with Gasteiger partial charge in [0.1, 0.15) is 0 Å². The van der Waals surface area contributed by atoms with E-state index in [1.807, 2.05) is 13.0 Å². The summed E-state index contributed by atoms with van der Waals surface area (Å²) in [6.07, 6.45) is 0.896. The molecule has 1 unspecified atom stereocenters. The Morgan fingerprint density at radius 1 is 1.50 bits per heavy atom. The van der Waals surface area contributed by atoms with E-state index >= 15 is 0 Å². The van der Waals surface area contributed by atoms with Crippen LogP contribution in [0.2, 0.25) is 0 Å². The third-order valence-electron chi connectivity index (χ3n) is 3.19. The minimum atomic E-state index is -0.921. The molecule has 0 saturated heterocycles. The second kappa shape index (κ2) is 6.15. The summed E-state index contributed by atoms with van der Waals surface area (Å²) in [6.45, 7) is 4.73. The maximum Gasteiger partial charge on any atom is 0.335 e. The highest BCUT2D eigenvalue weighted by Gasteiger charge is 2.17. The lowest BCUT2D eigenvalue weighted by atomic mass is 10.00. The Morgan fingerprint density at radius 2 is 2.25 bits per heavy atom. The molecule has 0 aliphatic carbocycles. The molecule has 1 aromatic carbocycles. The highest BCUT2D eigenvalue weighted by atomic mass is 32.1. The van der Waals surface area contributed by atoms with E-state index in [4.69, 9.17) is 10.8 Å². The second-order valence-electron chi connectivity index (χ2n) is 4.81. The summed E-state index contributed by atoms with van der Waals surface area (Å²) in [7, 11) is 0. The summed E-state index contributed by atoms with van der Waals surface area (Å²) in [5, 5.41) is 10.1. The number of hydrogen-bond acceptors (Lipinski definition) is 4. The molecule has 106 valence electrons. The van der Waals surface area contributed by atoms with Crippen LogP contribution < -0.4 is 5.73 Å². The predicted molar refractivity (Wildman–Crippen MR) is 81.3 cm³/mol. The molecular formula is C15H18N2O2S. The standard InChI is InChI=1S/C15H18N2O2S/c1-9(6-7-16)14-13(17-10(2)20-14)11-4-3-5-12(8-11)15(18)19/h3-5,8-9H,6-7,16H2,1-2H3,(H,18,19). The molecule has 0 bridgehead atoms. The summed E-state index contributed by atoms with van der Waals surface area (Å²) in [6, 6.07) is 6.92. The van der Waals surface area contributed by atoms with Gasteiger partial charge in [0, 0.05) is 10.4 Å². The lowest BCUT2D eigenvalue weighted by Gasteiger charge is -2.10. The van der Waals surface area contributed by atoms with E-state index in [2.05, 4.69) is 11.9 Å². The molecule has 0 amide bonds. The van der Waals surface area contributed by atoms with Gasteiger partial charge >= 0.3 is 5.97 Å². The number of carboxylic acids is 1. The van der Waals surface area contributed by atoms with Gasteiger partial charge in [0.05, 0.1) is 16.3 Å². The van der Waals surface area contributed by atoms with Gasteiger partial charge in [0.2, 0.25) is 0 Å². The molecular weight excluding hydrogens is 272 g/mol. The number of rotatable bonds is 5. The third-order valence-corrected chi connectivity index (χ3v) is 4.39. The SMILES string of the molecule is Cc1nc(-c2cccc(C(=O)O)c2)c(C(C)CCN)s1. The topological polar surface area (TPSA) is 76.2 Å². The summed E-state index contributed by atoms with van der Waals surface area (Å²) in [5.41, 5.74) is 7.66. The number of thiazole rings is 1. The zero-order valence-corrected chi connectivity index (χ0v) is 12.4. The van der Waals surface area contributed by atoms with Gasteiger partial charge in [-0.3, -0.25) is 0 Å². The van der Waals surface area contributed by atoms with E-state index in [-0.39, 0.29) is 5.56 Å². The molecule has 1 atom stereocenters. The minimum absolute atomic E-state index is 0.283. The largest absolute Gasteiger partial charge is 0.478 e. The average Bonchev–Trinajstić information content (AvgIpc) is 2.81. The van der Waals surface area contributed by atoms with E-state index in [1.54, 1.807) is 29.5 Å². The smallest absolute Gasteiger partial charge is 0.335 e. The van der Waals surface area contributed by atoms with Crippen LogP contribution in [-0.4, -0.2) is 22.6 Å². The van der Waals surface area contributed by atoms with Crippen molar-refractivity contribution in [3.8, 4) is 11.3 Å². The molecule has 5 heteroatoms. The van der Waals surface area contributed by atoms with Crippen molar-refractivity contribution < 1.29 is 9.90 Å². The molecule has 20 heavy (non-hydrogen) atoms. The second-order valence-corrected chi connectivity index (χ2v) is 6.04. The Kier molecular flexibility index (Phi) is 4.52. The van der Waals surface area contributed by atoms with Gasteiger partial charge in [0.15, 0.2) is 0 Å². The van der Waals surface area contributed by atoms with Crippen LogP contribution in [0.15, 0.2) is 24.3 Å². The molecule has 2 aromatic rings. The third kappa shape index (κ3) is 3.05. The van der Waals surface area contributed by atoms with Crippen molar-refractivity contribution in [1.29, 1.82) is 0 Å². The van der Waals surface area contributed by atoms with Crippen LogP contribution in [0.1, 0.15) is 39.5 Å². The summed E-state index contributed by atoms with van der Waals surface area (Å²) in [4.78, 5) is 16.8. The molecule has 1 aromatic heterocycles. The van der Waals surface area contributed by atoms with Crippen molar-refractivity contribution in [2.75, 3.05) is 6.54 Å². The fourth-order valence-electron chi connectivity index (χ4n) is 2.16. The van der Waals surface area contributed by atoms with E-state index in [0.717, 1.165) is 22.7 Å². The Morgan fingerprint density at radius 3 is 2.90 bits per heavy atom. The quantitative estimate of drug-likeness (QED) is 0.886. The maximum atomic E-state index is 11.1. The molecule has 0 aliphatic heterocycles. The van der Waals surface area contributed by atoms with Crippen molar-refractivity contribution in [3.63, 3.8) is 0 Å². The molecule has 0 aliphatic rings. The summed E-state index contributed by atoms with van der Waals surface area (Å²) >= 11 is 1.66. The molecule has 0 fully saturated rings. The number of nitrogens with two attached hydrogens (primary N) is 1. The first-order valence-corrected chi connectivity index (χ1v) is 7.35. The molecule has 3 N–H and O–H groups in total. The van der Waals surface area contributed by atoms with Gasteiger partial charge in [-0.1, -0.05) is 19.1 Å². The zero-order valence-electron chi connectivity index (χ0n) is 11.6. The summed E-state index contributed by atoms with van der Waals surface area (Å²) in [5.74, 6) is -0.593. The Balaban J connectivity index is 2.47. The van der Waals surface area contributed by atoms with Crippen LogP contribution in [0.4, 0.5) is 0 Å². The van der Waals surface area contributed by atoms with Crippen LogP contribution in [0.25, 0.3) is 11.3 Å². The Hall–Kier alpha value is -1.72. The fourth-order valence-corrected chi connectivity index (χ4v) is 3.20. The normalized spacial score (nSPS) is 12.3. The van der Waals surface area contributed by atoms with Crippen molar-refractivity contribution in [2.45, 2.75) is 26.2 Å². The first-order valence-electron chi connectivity index (χ1n) is 6.54. The molecule has 1 heterocycles. The van der Waals surface area contributed by atoms with Crippen LogP contribution >= 0.6 is 11.3 Å². The number of carbonyl (C=O) groups is 1. The van der Waals surface area contributed by atoms with Crippen molar-refractivity contribution in [3.05, 3.63) is 39.7 Å². The molecule has 0 saturated carbocycles. The number of nitrogens with zero attached hydrogens (tertiary/aromatic N) is 1. The summed E-state index contributed by atoms with van der Waals surface area (Å²) < 4.78 is 0. The van der Waals surface area contributed by atoms with Crippen LogP contribution in [0.3, 0.4) is 0 Å². The van der Waals surface area contributed by atoms with Gasteiger partial charge in [-0.2, -0.15) is 0 Å². The van der Waals surface area contributed by atoms with Gasteiger partial charge < -0.3 is 10.8 Å². The monoisotopic (exact) mass is 290 g/mol. The lowest BCUT2D eigenvalue weighted by Crippen LogP contribution is -2.04. The average molecular weight is 290 g/mol. The van der Waals surface area contributed by atoms with Gasteiger partial charge in [0.25, 0.3) is 0 Å². The first-order chi connectivity index (χ1) is 9.52. The van der Waals surface area contributed by atoms with Crippen molar-refractivity contribution in [1.82, 2.24) is 4.98 Å². The Labute approximate surface area is 122 Å². The Bertz CT molecular complexity index is 622. The van der Waals surface area contributed by atoms with E-state index in [1.165, 1.54) is 4.88 Å². The number of hydrogen-bond donors (Lipinski definition) is 2. The highest BCUT2D eigenvalue weighted by Crippen LogP contribution is 2.35. The molecule has 0 spiro atoms. The van der Waals surface area contributed by atoms with E-state index in [9.17, 15) is 4.79 Å². The number of aromatic carboxylic acids is 1. The van der Waals surface area contributed by atoms with Crippen LogP contribution in [-0.2, 0) is 0 Å². The predicted octanol–water partition coefficient (Wildman–Crippen LogP) is 3.27.